The van der Waals surface area contributed by atoms with E-state index < -0.39 is 0 Å². The largest absolute Gasteiger partial charge is 0.304 e. The van der Waals surface area contributed by atoms with Gasteiger partial charge in [-0.25, -0.2) is 0 Å². The molecule has 5 nitrogen and oxygen atoms in total. The highest BCUT2D eigenvalue weighted by atomic mass is 16.6. The highest BCUT2D eigenvalue weighted by Crippen LogP contribution is 2.67. The van der Waals surface area contributed by atoms with Crippen LogP contribution in [0.1, 0.15) is 50.1 Å². The van der Waals surface area contributed by atoms with Crippen LogP contribution in [-0.2, 0) is 4.79 Å². The van der Waals surface area contributed by atoms with Crippen molar-refractivity contribution >= 4 is 17.3 Å². The van der Waals surface area contributed by atoms with Gasteiger partial charge in [-0.05, 0) is 79.4 Å². The highest BCUT2D eigenvalue weighted by molar-refractivity contribution is 6.03. The Hall–Kier alpha value is -2.69. The van der Waals surface area contributed by atoms with Crippen LogP contribution in [0.3, 0.4) is 0 Å². The van der Waals surface area contributed by atoms with E-state index >= 15 is 0 Å². The first kappa shape index (κ1) is 18.1. The van der Waals surface area contributed by atoms with E-state index in [2.05, 4.69) is 0 Å². The molecule has 5 heteroatoms. The maximum absolute atomic E-state index is 13.7. The van der Waals surface area contributed by atoms with Gasteiger partial charge < -0.3 is 4.90 Å². The smallest absolute Gasteiger partial charge is 0.269 e. The summed E-state index contributed by atoms with van der Waals surface area (Å²) >= 11 is 0. The van der Waals surface area contributed by atoms with Crippen molar-refractivity contribution < 1.29 is 9.72 Å². The number of para-hydroxylation sites is 1. The molecule has 2 aromatic carbocycles. The standard InChI is InChI=1S/C25H26N2O3/c28-24-22(25-13-16-10-17(14-25)12-18(11-16)15-25)23(26(24)20-4-2-1-3-5-20)19-6-8-21(9-7-19)27(29)30/h1-9,16-18,22-23H,10-15H2/t16?,17?,18?,22-,23-,25?/m1/s1. The van der Waals surface area contributed by atoms with Crippen molar-refractivity contribution in [3.8, 4) is 0 Å². The van der Waals surface area contributed by atoms with E-state index in [4.69, 9.17) is 0 Å². The van der Waals surface area contributed by atoms with Crippen molar-refractivity contribution in [1.82, 2.24) is 0 Å². The van der Waals surface area contributed by atoms with Crippen LogP contribution < -0.4 is 4.90 Å². The molecule has 1 heterocycles. The summed E-state index contributed by atoms with van der Waals surface area (Å²) in [6.45, 7) is 0. The lowest BCUT2D eigenvalue weighted by Crippen LogP contribution is -2.65. The van der Waals surface area contributed by atoms with Gasteiger partial charge >= 0.3 is 0 Å². The molecule has 4 saturated carbocycles. The number of hydrogen-bond acceptors (Lipinski definition) is 3. The van der Waals surface area contributed by atoms with Gasteiger partial charge in [0.2, 0.25) is 5.91 Å². The Morgan fingerprint density at radius 3 is 1.97 bits per heavy atom. The molecule has 0 N–H and O–H groups in total. The van der Waals surface area contributed by atoms with Crippen LogP contribution in [0.4, 0.5) is 11.4 Å². The molecule has 0 radical (unpaired) electrons. The Morgan fingerprint density at radius 1 is 0.867 bits per heavy atom. The zero-order valence-corrected chi connectivity index (χ0v) is 16.9. The first-order valence-electron chi connectivity index (χ1n) is 11.2. The number of β-lactam (4-membered cyclic amide) rings is 1. The number of nitrogens with zero attached hydrogens (tertiary/aromatic N) is 2. The Balaban J connectivity index is 1.41. The zero-order valence-electron chi connectivity index (χ0n) is 16.9. The van der Waals surface area contributed by atoms with Gasteiger partial charge in [0, 0.05) is 17.8 Å². The lowest BCUT2D eigenvalue weighted by molar-refractivity contribution is -0.384. The molecular weight excluding hydrogens is 376 g/mol. The second-order valence-electron chi connectivity index (χ2n) is 10.1. The zero-order chi connectivity index (χ0) is 20.5. The number of carbonyl (C=O) groups is 1. The van der Waals surface area contributed by atoms with Crippen molar-refractivity contribution in [1.29, 1.82) is 0 Å². The van der Waals surface area contributed by atoms with Crippen molar-refractivity contribution in [3.05, 3.63) is 70.3 Å². The number of non-ortho nitro benzene ring substituents is 1. The van der Waals surface area contributed by atoms with Gasteiger partial charge in [0.1, 0.15) is 0 Å². The molecule has 4 bridgehead atoms. The Kier molecular flexibility index (Phi) is 3.86. The number of nitro groups is 1. The van der Waals surface area contributed by atoms with Crippen LogP contribution in [0.5, 0.6) is 0 Å². The Labute approximate surface area is 176 Å². The molecule has 154 valence electrons. The number of nitro benzene ring substituents is 1. The lowest BCUT2D eigenvalue weighted by Gasteiger charge is -2.64. The average molecular weight is 402 g/mol. The van der Waals surface area contributed by atoms with Crippen molar-refractivity contribution in [2.45, 2.75) is 44.6 Å². The molecule has 2 atom stereocenters. The van der Waals surface area contributed by atoms with E-state index in [9.17, 15) is 14.9 Å². The third-order valence-corrected chi connectivity index (χ3v) is 8.32. The molecule has 7 rings (SSSR count). The summed E-state index contributed by atoms with van der Waals surface area (Å²) in [5.41, 5.74) is 2.16. The van der Waals surface area contributed by atoms with Crippen LogP contribution in [0.25, 0.3) is 0 Å². The van der Waals surface area contributed by atoms with E-state index in [1.807, 2.05) is 47.4 Å². The molecule has 1 aliphatic heterocycles. The summed E-state index contributed by atoms with van der Waals surface area (Å²) in [5.74, 6) is 2.59. The molecule has 0 spiro atoms. The van der Waals surface area contributed by atoms with Crippen LogP contribution >= 0.6 is 0 Å². The van der Waals surface area contributed by atoms with Crippen LogP contribution in [0.15, 0.2) is 54.6 Å². The predicted molar refractivity (Wildman–Crippen MR) is 114 cm³/mol. The van der Waals surface area contributed by atoms with Gasteiger partial charge in [-0.3, -0.25) is 14.9 Å². The molecule has 5 aliphatic rings. The van der Waals surface area contributed by atoms with Gasteiger partial charge in [-0.15, -0.1) is 0 Å². The summed E-state index contributed by atoms with van der Waals surface area (Å²) in [6.07, 6.45) is 7.60. The summed E-state index contributed by atoms with van der Waals surface area (Å²) < 4.78 is 0. The van der Waals surface area contributed by atoms with E-state index in [1.54, 1.807) is 12.1 Å². The van der Waals surface area contributed by atoms with Gasteiger partial charge in [0.25, 0.3) is 5.69 Å². The predicted octanol–water partition coefficient (Wildman–Crippen LogP) is 5.52. The topological polar surface area (TPSA) is 63.4 Å². The highest BCUT2D eigenvalue weighted by Gasteiger charge is 2.63. The summed E-state index contributed by atoms with van der Waals surface area (Å²) in [7, 11) is 0. The number of rotatable bonds is 4. The summed E-state index contributed by atoms with van der Waals surface area (Å²) in [4.78, 5) is 26.4. The third kappa shape index (κ3) is 2.57. The first-order chi connectivity index (χ1) is 14.5. The fourth-order valence-electron chi connectivity index (χ4n) is 7.66. The molecule has 4 aliphatic carbocycles. The fraction of sp³-hybridized carbons (Fsp3) is 0.480. The molecule has 0 aromatic heterocycles. The Bertz CT molecular complexity index is 966. The molecule has 1 amide bonds. The van der Waals surface area contributed by atoms with E-state index in [0.717, 1.165) is 29.0 Å². The summed E-state index contributed by atoms with van der Waals surface area (Å²) in [6, 6.07) is 16.7. The fourth-order valence-corrected chi connectivity index (χ4v) is 7.66. The van der Waals surface area contributed by atoms with E-state index in [-0.39, 0.29) is 33.9 Å². The van der Waals surface area contributed by atoms with E-state index in [1.165, 1.54) is 38.5 Å². The van der Waals surface area contributed by atoms with Gasteiger partial charge in [-0.2, -0.15) is 0 Å². The van der Waals surface area contributed by atoms with E-state index in [0.29, 0.717) is 0 Å². The second-order valence-corrected chi connectivity index (χ2v) is 10.1. The minimum Gasteiger partial charge on any atom is -0.304 e. The van der Waals surface area contributed by atoms with Crippen LogP contribution in [0.2, 0.25) is 0 Å². The van der Waals surface area contributed by atoms with Crippen molar-refractivity contribution in [2.75, 3.05) is 4.90 Å². The molecule has 2 aromatic rings. The quantitative estimate of drug-likeness (QED) is 0.384. The summed E-state index contributed by atoms with van der Waals surface area (Å²) in [5, 5.41) is 11.1. The van der Waals surface area contributed by atoms with Crippen LogP contribution in [0, 0.1) is 39.2 Å². The second kappa shape index (κ2) is 6.40. The molecule has 0 unspecified atom stereocenters. The molecule has 1 saturated heterocycles. The van der Waals surface area contributed by atoms with Crippen LogP contribution in [-0.4, -0.2) is 10.8 Å². The molecular formula is C25H26N2O3. The molecule has 5 fully saturated rings. The van der Waals surface area contributed by atoms with Gasteiger partial charge in [-0.1, -0.05) is 30.3 Å². The molecule has 30 heavy (non-hydrogen) atoms. The normalized spacial score (nSPS) is 36.6. The number of amides is 1. The maximum Gasteiger partial charge on any atom is 0.269 e. The minimum atomic E-state index is -0.360. The SMILES string of the molecule is O=C1[C@H](C23CC4CC(CC(C4)C2)C3)[C@@H](c2ccc([N+](=O)[O-])cc2)N1c1ccccc1. The number of benzene rings is 2. The Morgan fingerprint density at radius 2 is 1.43 bits per heavy atom. The third-order valence-electron chi connectivity index (χ3n) is 8.32. The monoisotopic (exact) mass is 402 g/mol. The number of carbonyl (C=O) groups excluding carboxylic acids is 1. The van der Waals surface area contributed by atoms with Gasteiger partial charge in [0.05, 0.1) is 16.9 Å². The van der Waals surface area contributed by atoms with Crippen molar-refractivity contribution in [3.63, 3.8) is 0 Å². The minimum absolute atomic E-state index is 0.00689. The number of hydrogen-bond donors (Lipinski definition) is 0. The first-order valence-corrected chi connectivity index (χ1v) is 11.2. The number of anilines is 1. The maximum atomic E-state index is 13.7. The average Bonchev–Trinajstić information content (AvgIpc) is 2.71. The lowest BCUT2D eigenvalue weighted by atomic mass is 9.44. The van der Waals surface area contributed by atoms with Crippen molar-refractivity contribution in [2.24, 2.45) is 29.1 Å². The van der Waals surface area contributed by atoms with Gasteiger partial charge in [0.15, 0.2) is 0 Å².